The van der Waals surface area contributed by atoms with Gasteiger partial charge in [-0.15, -0.1) is 0 Å². The van der Waals surface area contributed by atoms with Crippen LogP contribution in [0.2, 0.25) is 5.02 Å². The van der Waals surface area contributed by atoms with Crippen molar-refractivity contribution in [3.63, 3.8) is 0 Å². The van der Waals surface area contributed by atoms with Crippen molar-refractivity contribution in [1.29, 1.82) is 0 Å². The maximum atomic E-state index is 12.4. The number of carbonyl (C=O) groups excluding carboxylic acids is 1. The molecule has 0 spiro atoms. The molecule has 146 valence electrons. The molecule has 0 bridgehead atoms. The van der Waals surface area contributed by atoms with Gasteiger partial charge in [-0.05, 0) is 41.5 Å². The van der Waals surface area contributed by atoms with Crippen LogP contribution in [0.15, 0.2) is 42.1 Å². The van der Waals surface area contributed by atoms with E-state index >= 15 is 0 Å². The lowest BCUT2D eigenvalue weighted by molar-refractivity contribution is 0.228. The summed E-state index contributed by atoms with van der Waals surface area (Å²) in [6.45, 7) is 0.356. The Morgan fingerprint density at radius 3 is 2.21 bits per heavy atom. The number of methoxy groups -OCH3 is 3. The third kappa shape index (κ3) is 4.05. The van der Waals surface area contributed by atoms with E-state index in [4.69, 9.17) is 38.0 Å². The standard InChI is InChI=1S/C20H19ClN2O4S/c1-25-16-9-13(10-17(26-2)18(16)27-3)8-15-19(28)23(20(24)22-15)11-12-4-6-14(21)7-5-12/h4-10H,11H2,1-3H3,(H,22,24)/b15-8+. The van der Waals surface area contributed by atoms with Gasteiger partial charge < -0.3 is 19.5 Å². The SMILES string of the molecule is COc1cc(/C=C2/NC(=O)N(Cc3ccc(Cl)cc3)C2=S)cc(OC)c1OC. The molecule has 1 aliphatic rings. The maximum absolute atomic E-state index is 12.4. The van der Waals surface area contributed by atoms with Crippen LogP contribution in [0.4, 0.5) is 4.79 Å². The van der Waals surface area contributed by atoms with Crippen LogP contribution in [0, 0.1) is 0 Å². The fourth-order valence-corrected chi connectivity index (χ4v) is 3.22. The van der Waals surface area contributed by atoms with Crippen LogP contribution in [0.3, 0.4) is 0 Å². The minimum absolute atomic E-state index is 0.279. The van der Waals surface area contributed by atoms with E-state index in [0.29, 0.717) is 39.5 Å². The molecule has 1 saturated heterocycles. The minimum atomic E-state index is -0.279. The summed E-state index contributed by atoms with van der Waals surface area (Å²) in [6, 6.07) is 10.6. The Morgan fingerprint density at radius 1 is 1.07 bits per heavy atom. The second kappa shape index (κ2) is 8.50. The van der Waals surface area contributed by atoms with Gasteiger partial charge in [-0.25, -0.2) is 4.79 Å². The van der Waals surface area contributed by atoms with E-state index in [2.05, 4.69) is 5.32 Å². The molecule has 1 aliphatic heterocycles. The molecular formula is C20H19ClN2O4S. The lowest BCUT2D eigenvalue weighted by Crippen LogP contribution is -2.29. The van der Waals surface area contributed by atoms with E-state index in [-0.39, 0.29) is 6.03 Å². The molecule has 1 fully saturated rings. The van der Waals surface area contributed by atoms with Crippen LogP contribution in [0.25, 0.3) is 6.08 Å². The first-order valence-corrected chi connectivity index (χ1v) is 9.14. The predicted molar refractivity (Wildman–Crippen MR) is 112 cm³/mol. The number of carbonyl (C=O) groups is 1. The van der Waals surface area contributed by atoms with Crippen molar-refractivity contribution in [3.8, 4) is 17.2 Å². The molecule has 0 unspecified atom stereocenters. The summed E-state index contributed by atoms with van der Waals surface area (Å²) in [5, 5.41) is 3.44. The Bertz CT molecular complexity index is 919. The molecule has 2 aromatic carbocycles. The highest BCUT2D eigenvalue weighted by molar-refractivity contribution is 7.80. The monoisotopic (exact) mass is 418 g/mol. The molecule has 1 N–H and O–H groups in total. The number of urea groups is 1. The molecular weight excluding hydrogens is 400 g/mol. The van der Waals surface area contributed by atoms with Gasteiger partial charge in [0.2, 0.25) is 5.75 Å². The smallest absolute Gasteiger partial charge is 0.327 e. The van der Waals surface area contributed by atoms with Crippen molar-refractivity contribution in [3.05, 3.63) is 58.2 Å². The average molecular weight is 419 g/mol. The lowest BCUT2D eigenvalue weighted by Gasteiger charge is -2.14. The number of hydrogen-bond acceptors (Lipinski definition) is 5. The quantitative estimate of drug-likeness (QED) is 0.561. The minimum Gasteiger partial charge on any atom is -0.493 e. The molecule has 0 saturated carbocycles. The first kappa shape index (κ1) is 20.0. The van der Waals surface area contributed by atoms with Gasteiger partial charge in [-0.1, -0.05) is 36.0 Å². The molecule has 2 amide bonds. The Kier molecular flexibility index (Phi) is 6.06. The molecule has 6 nitrogen and oxygen atoms in total. The van der Waals surface area contributed by atoms with E-state index < -0.39 is 0 Å². The van der Waals surface area contributed by atoms with Crippen molar-refractivity contribution >= 4 is 40.9 Å². The first-order chi connectivity index (χ1) is 13.5. The topological polar surface area (TPSA) is 60.0 Å². The first-order valence-electron chi connectivity index (χ1n) is 8.35. The van der Waals surface area contributed by atoms with Crippen molar-refractivity contribution < 1.29 is 19.0 Å². The third-order valence-corrected chi connectivity index (χ3v) is 4.91. The van der Waals surface area contributed by atoms with Gasteiger partial charge in [0.1, 0.15) is 4.99 Å². The van der Waals surface area contributed by atoms with Crippen LogP contribution in [0.5, 0.6) is 17.2 Å². The molecule has 0 radical (unpaired) electrons. The summed E-state index contributed by atoms with van der Waals surface area (Å²) in [4.78, 5) is 14.3. The Morgan fingerprint density at radius 2 is 1.68 bits per heavy atom. The molecule has 28 heavy (non-hydrogen) atoms. The van der Waals surface area contributed by atoms with Gasteiger partial charge in [0.05, 0.1) is 33.6 Å². The van der Waals surface area contributed by atoms with Gasteiger partial charge in [0.25, 0.3) is 0 Å². The van der Waals surface area contributed by atoms with Crippen LogP contribution < -0.4 is 19.5 Å². The van der Waals surface area contributed by atoms with E-state index in [1.54, 1.807) is 51.7 Å². The molecule has 1 heterocycles. The van der Waals surface area contributed by atoms with Gasteiger partial charge in [-0.2, -0.15) is 0 Å². The van der Waals surface area contributed by atoms with E-state index in [1.807, 2.05) is 12.1 Å². The zero-order chi connectivity index (χ0) is 20.3. The zero-order valence-corrected chi connectivity index (χ0v) is 17.2. The largest absolute Gasteiger partial charge is 0.493 e. The van der Waals surface area contributed by atoms with Crippen LogP contribution in [0.1, 0.15) is 11.1 Å². The van der Waals surface area contributed by atoms with Crippen molar-refractivity contribution in [2.45, 2.75) is 6.54 Å². The summed E-state index contributed by atoms with van der Waals surface area (Å²) < 4.78 is 16.1. The highest BCUT2D eigenvalue weighted by Crippen LogP contribution is 2.38. The Labute approximate surface area is 173 Å². The summed E-state index contributed by atoms with van der Waals surface area (Å²) in [5.41, 5.74) is 2.21. The number of hydrogen-bond donors (Lipinski definition) is 1. The van der Waals surface area contributed by atoms with Gasteiger partial charge in [0, 0.05) is 5.02 Å². The number of nitrogens with one attached hydrogen (secondary N) is 1. The summed E-state index contributed by atoms with van der Waals surface area (Å²) >= 11 is 11.4. The zero-order valence-electron chi connectivity index (χ0n) is 15.6. The Hall–Kier alpha value is -2.77. The van der Waals surface area contributed by atoms with Crippen LogP contribution in [-0.4, -0.2) is 37.2 Å². The van der Waals surface area contributed by atoms with Crippen molar-refractivity contribution in [2.24, 2.45) is 0 Å². The van der Waals surface area contributed by atoms with Crippen LogP contribution >= 0.6 is 23.8 Å². The number of nitrogens with zero attached hydrogens (tertiary/aromatic N) is 1. The highest BCUT2D eigenvalue weighted by atomic mass is 35.5. The van der Waals surface area contributed by atoms with E-state index in [1.165, 1.54) is 4.90 Å². The summed E-state index contributed by atoms with van der Waals surface area (Å²) in [5.74, 6) is 1.53. The molecule has 0 aromatic heterocycles. The van der Waals surface area contributed by atoms with Gasteiger partial charge >= 0.3 is 6.03 Å². The molecule has 0 atom stereocenters. The summed E-state index contributed by atoms with van der Waals surface area (Å²) in [6.07, 6.45) is 1.77. The fraction of sp³-hybridized carbons (Fsp3) is 0.200. The number of ether oxygens (including phenoxy) is 3. The second-order valence-electron chi connectivity index (χ2n) is 5.96. The molecule has 0 aliphatic carbocycles. The van der Waals surface area contributed by atoms with E-state index in [9.17, 15) is 4.79 Å². The number of rotatable bonds is 6. The number of thiocarbonyl (C=S) groups is 1. The normalized spacial score (nSPS) is 15.0. The number of halogens is 1. The van der Waals surface area contributed by atoms with Gasteiger partial charge in [0.15, 0.2) is 11.5 Å². The van der Waals surface area contributed by atoms with Crippen LogP contribution in [-0.2, 0) is 6.54 Å². The highest BCUT2D eigenvalue weighted by Gasteiger charge is 2.30. The maximum Gasteiger partial charge on any atom is 0.327 e. The third-order valence-electron chi connectivity index (χ3n) is 4.21. The van der Waals surface area contributed by atoms with E-state index in [0.717, 1.165) is 11.1 Å². The Balaban J connectivity index is 1.88. The fourth-order valence-electron chi connectivity index (χ4n) is 2.84. The molecule has 2 aromatic rings. The second-order valence-corrected chi connectivity index (χ2v) is 6.79. The van der Waals surface area contributed by atoms with Crippen molar-refractivity contribution in [1.82, 2.24) is 10.2 Å². The van der Waals surface area contributed by atoms with Gasteiger partial charge in [-0.3, -0.25) is 4.90 Å². The lowest BCUT2D eigenvalue weighted by atomic mass is 10.1. The number of benzene rings is 2. The number of amides is 2. The molecule has 3 rings (SSSR count). The molecule has 8 heteroatoms. The van der Waals surface area contributed by atoms with Crippen molar-refractivity contribution in [2.75, 3.05) is 21.3 Å². The summed E-state index contributed by atoms with van der Waals surface area (Å²) in [7, 11) is 4.63. The average Bonchev–Trinajstić information content (AvgIpc) is 2.96. The predicted octanol–water partition coefficient (Wildman–Crippen LogP) is 4.26.